The highest BCUT2D eigenvalue weighted by Gasteiger charge is 2.34. The molecule has 644 valence electrons. The highest BCUT2D eigenvalue weighted by atomic mass is 32.2. The van der Waals surface area contributed by atoms with Crippen molar-refractivity contribution < 1.29 is 21.6 Å². The highest BCUT2D eigenvalue weighted by Crippen LogP contribution is 2.41. The lowest BCUT2D eigenvalue weighted by molar-refractivity contribution is 0.0830. The van der Waals surface area contributed by atoms with Gasteiger partial charge in [0.25, 0.3) is 0 Å². The summed E-state index contributed by atoms with van der Waals surface area (Å²) in [6.45, 7) is 94.6. The molecule has 7 heteroatoms. The largest absolute Gasteiger partial charge is 0.367 e. The number of sulfone groups is 2. The van der Waals surface area contributed by atoms with Gasteiger partial charge in [-0.2, -0.15) is 0 Å². The van der Waals surface area contributed by atoms with Crippen LogP contribution in [0.1, 0.15) is 465 Å². The van der Waals surface area contributed by atoms with Crippen LogP contribution in [0.25, 0.3) is 0 Å². The molecule has 0 bridgehead atoms. The normalized spacial score (nSPS) is 21.2. The maximum absolute atomic E-state index is 11.1. The van der Waals surface area contributed by atoms with E-state index in [1.165, 1.54) is 141 Å². The Balaban J connectivity index is -0.0000000784. The number of ether oxygens (including phenoxy) is 1. The zero-order valence-corrected chi connectivity index (χ0v) is 82.8. The van der Waals surface area contributed by atoms with Crippen molar-refractivity contribution in [1.82, 2.24) is 0 Å². The van der Waals surface area contributed by atoms with Gasteiger partial charge in [-0.1, -0.05) is 451 Å². The summed E-state index contributed by atoms with van der Waals surface area (Å²) < 4.78 is 49.5. The van der Waals surface area contributed by atoms with Crippen molar-refractivity contribution in [2.24, 2.45) is 64.6 Å². The van der Waals surface area contributed by atoms with E-state index in [1.807, 2.05) is 62.3 Å². The van der Waals surface area contributed by atoms with E-state index in [9.17, 15) is 16.8 Å². The number of hydrogen-bond acceptors (Lipinski definition) is 5. The van der Waals surface area contributed by atoms with Gasteiger partial charge in [0.2, 0.25) is 0 Å². The molecule has 0 radical (unpaired) electrons. The first-order valence-electron chi connectivity index (χ1n) is 45.3. The van der Waals surface area contributed by atoms with Crippen LogP contribution in [0, 0.1) is 64.6 Å². The monoisotopic (exact) mass is 1530 g/mol. The van der Waals surface area contributed by atoms with E-state index in [1.54, 1.807) is 39.8 Å². The minimum absolute atomic E-state index is 0.0903. The highest BCUT2D eigenvalue weighted by molar-refractivity contribution is 7.93. The Hall–Kier alpha value is -1.70. The molecule has 10 unspecified atom stereocenters. The predicted molar refractivity (Wildman–Crippen MR) is 499 cm³/mol. The Kier molecular flexibility index (Phi) is 127. The molecule has 3 aliphatic heterocycles. The summed E-state index contributed by atoms with van der Waals surface area (Å²) in [5.41, 5.74) is 0.500. The molecular weight excluding hydrogens is 1320 g/mol. The molecule has 1 fully saturated rings. The fourth-order valence-electron chi connectivity index (χ4n) is 8.33. The summed E-state index contributed by atoms with van der Waals surface area (Å²) in [4.78, 5) is 0. The molecule has 0 spiro atoms. The van der Waals surface area contributed by atoms with Crippen LogP contribution in [0.2, 0.25) is 0 Å². The Labute approximate surface area is 672 Å². The molecule has 0 amide bonds. The van der Waals surface area contributed by atoms with E-state index in [2.05, 4.69) is 275 Å². The molecule has 0 aromatic rings. The number of unbranched alkanes of at least 4 members (excludes halogenated alkanes) is 5. The van der Waals surface area contributed by atoms with Gasteiger partial charge in [-0.3, -0.25) is 0 Å². The second-order valence-electron chi connectivity index (χ2n) is 30.3. The first kappa shape index (κ1) is 133. The fraction of sp³-hybridized carbons (Fsp3) is 0.878. The Bertz CT molecular complexity index is 1740. The molecule has 0 saturated carbocycles. The maximum atomic E-state index is 11.1. The molecule has 0 N–H and O–H groups in total. The third-order valence-electron chi connectivity index (χ3n) is 20.6. The van der Waals surface area contributed by atoms with Crippen molar-refractivity contribution in [2.75, 3.05) is 0 Å². The van der Waals surface area contributed by atoms with E-state index in [0.717, 1.165) is 78.4 Å². The average molecular weight is 1530 g/mol. The molecule has 105 heavy (non-hydrogen) atoms. The molecule has 0 aromatic carbocycles. The van der Waals surface area contributed by atoms with Gasteiger partial charge in [-0.05, 0) is 152 Å². The molecule has 0 aromatic heterocycles. The van der Waals surface area contributed by atoms with Gasteiger partial charge in [0, 0.05) is 0 Å². The summed E-state index contributed by atoms with van der Waals surface area (Å²) in [6.07, 6.45) is 58.2. The molecule has 10 atom stereocenters. The molecule has 5 rings (SSSR count). The molecular formula is C98H210O5S2. The van der Waals surface area contributed by atoms with Crippen LogP contribution in [0.4, 0.5) is 0 Å². The summed E-state index contributed by atoms with van der Waals surface area (Å²) in [7, 11) is -5.52. The van der Waals surface area contributed by atoms with Crippen LogP contribution >= 0.6 is 0 Å². The average Bonchev–Trinajstić information content (AvgIpc) is 1.72. The van der Waals surface area contributed by atoms with Crippen LogP contribution in [0.15, 0.2) is 72.9 Å². The minimum Gasteiger partial charge on any atom is -0.367 e. The van der Waals surface area contributed by atoms with Crippen LogP contribution in [-0.4, -0.2) is 50.0 Å². The van der Waals surface area contributed by atoms with E-state index in [4.69, 9.17) is 4.74 Å². The summed E-state index contributed by atoms with van der Waals surface area (Å²) >= 11 is 0. The van der Waals surface area contributed by atoms with Gasteiger partial charge < -0.3 is 4.74 Å². The van der Waals surface area contributed by atoms with Crippen molar-refractivity contribution in [3.05, 3.63) is 72.9 Å². The second kappa shape index (κ2) is 100. The van der Waals surface area contributed by atoms with Gasteiger partial charge in [-0.25, -0.2) is 16.8 Å². The van der Waals surface area contributed by atoms with Crippen molar-refractivity contribution in [3.8, 4) is 0 Å². The summed E-state index contributed by atoms with van der Waals surface area (Å²) in [6, 6.07) is 0. The van der Waals surface area contributed by atoms with Gasteiger partial charge in [-0.15, -0.1) is 0 Å². The molecule has 2 aliphatic carbocycles. The van der Waals surface area contributed by atoms with E-state index in [-0.39, 0.29) is 21.0 Å². The number of rotatable bonds is 20. The lowest BCUT2D eigenvalue weighted by Crippen LogP contribution is -2.21. The Morgan fingerprint density at radius 3 is 0.638 bits per heavy atom. The van der Waals surface area contributed by atoms with E-state index in [0.29, 0.717) is 17.6 Å². The lowest BCUT2D eigenvalue weighted by Gasteiger charge is -2.28. The Morgan fingerprint density at radius 2 is 0.571 bits per heavy atom. The van der Waals surface area contributed by atoms with Crippen molar-refractivity contribution >= 4 is 19.7 Å². The Morgan fingerprint density at radius 1 is 0.343 bits per heavy atom. The molecule has 5 nitrogen and oxygen atoms in total. The number of allylic oxidation sites excluding steroid dienone is 8. The zero-order chi connectivity index (χ0) is 85.6. The van der Waals surface area contributed by atoms with Crippen LogP contribution < -0.4 is 0 Å². The third-order valence-corrected chi connectivity index (χ3v) is 25.7. The van der Waals surface area contributed by atoms with Gasteiger partial charge in [0.15, 0.2) is 19.7 Å². The van der Waals surface area contributed by atoms with Crippen LogP contribution in [0.5, 0.6) is 0 Å². The summed E-state index contributed by atoms with van der Waals surface area (Å²) in [5.74, 6) is 8.81. The first-order chi connectivity index (χ1) is 49.2. The van der Waals surface area contributed by atoms with E-state index >= 15 is 0 Å². The predicted octanol–water partition coefficient (Wildman–Crippen LogP) is 35.0. The quantitative estimate of drug-likeness (QED) is 0.0897. The zero-order valence-electron chi connectivity index (χ0n) is 81.2. The third kappa shape index (κ3) is 100. The van der Waals surface area contributed by atoms with Crippen LogP contribution in [-0.2, 0) is 24.4 Å². The van der Waals surface area contributed by atoms with E-state index < -0.39 is 19.7 Å². The van der Waals surface area contributed by atoms with Crippen molar-refractivity contribution in [3.63, 3.8) is 0 Å². The topological polar surface area (TPSA) is 77.5 Å². The summed E-state index contributed by atoms with van der Waals surface area (Å²) in [5, 5.41) is -0.722. The SMILES string of the molecule is C/C=C\CC.CC.CC.CC.CC/C=C\CC.CC1C=CC(C)C1.CC1C=CC(C)C1(C)C.CC1C=CC(C)O1.CC1C=CC(C)S1(=O)=O.CC1CCC(C)S1(=O)=O.CCC(C)CC.CCC(C)CC.CCC(C)CC.CCC(C)CC.CCC(C)CC.CCC(C)CC.CCCCC.CCCCCC. The second-order valence-corrected chi connectivity index (χ2v) is 35.8. The molecule has 1 saturated heterocycles. The standard InChI is InChI=1S/C9H16.C7H12.C6H12O2S.C6H10O2S.C6H10O.7C6H14.C6H12.C5H12.C5H10.3C2H6/c1-7-5-6-8(2)9(7,3)4;1-6-3-4-7(2)5-6;2*1-5-3-4-6(2)9(5,7)8;1-5-3-4-6(2)7-5;6*1-4-6(3)5-2;2*1-3-5-6-4-2;2*1-3-5-4-2;3*1-2/h5-8H,1-4H3;3-4,6-7H,5H2,1-2H3;5-6H,3-4H2,1-2H3;3-6H,1-2H3;3-6H,1-2H3;6*6H,4-5H2,1-3H3;3-6H2,1-2H3;5-6H,3-4H2,1-2H3;3-5H2,1-2H3;3,5H,4H2,1-2H3;3*1-2H3/b;;;;;;;;;;;;6-5-;;5-3-;;;. The smallest absolute Gasteiger partial charge is 0.162 e. The molecule has 5 aliphatic rings. The first-order valence-corrected chi connectivity index (χ1v) is 48.6. The van der Waals surface area contributed by atoms with Crippen molar-refractivity contribution in [2.45, 2.75) is 498 Å². The molecule has 3 heterocycles. The van der Waals surface area contributed by atoms with Crippen LogP contribution in [0.3, 0.4) is 0 Å². The van der Waals surface area contributed by atoms with Gasteiger partial charge in [0.05, 0.1) is 33.2 Å². The maximum Gasteiger partial charge on any atom is 0.162 e. The minimum atomic E-state index is -2.81. The lowest BCUT2D eigenvalue weighted by atomic mass is 9.76. The van der Waals surface area contributed by atoms with Gasteiger partial charge >= 0.3 is 0 Å². The van der Waals surface area contributed by atoms with Crippen molar-refractivity contribution in [1.29, 1.82) is 0 Å². The fourth-order valence-corrected chi connectivity index (χ4v) is 11.3. The van der Waals surface area contributed by atoms with Gasteiger partial charge in [0.1, 0.15) is 0 Å². The number of hydrogen-bond donors (Lipinski definition) is 0.